The van der Waals surface area contributed by atoms with Gasteiger partial charge < -0.3 is 9.30 Å². The number of hydrogen-bond donors (Lipinski definition) is 0. The standard InChI is InChI=1S/C18H15Cl2FN2O2S/c1-2-25-7-6-23-16-14(21)4-3-5-15(16)26-18(23)22-17(24)11-8-12(19)10-13(20)9-11/h3-5,8-10H,2,6-7H2,1H3. The normalized spacial score (nSPS) is 12.1. The lowest BCUT2D eigenvalue weighted by Gasteiger charge is -2.06. The van der Waals surface area contributed by atoms with E-state index in [4.69, 9.17) is 27.9 Å². The minimum absolute atomic E-state index is 0.275. The van der Waals surface area contributed by atoms with E-state index in [0.29, 0.717) is 44.8 Å². The van der Waals surface area contributed by atoms with Crippen LogP contribution in [0.1, 0.15) is 17.3 Å². The molecular weight excluding hydrogens is 398 g/mol. The fourth-order valence-electron chi connectivity index (χ4n) is 2.51. The highest BCUT2D eigenvalue weighted by atomic mass is 35.5. The highest BCUT2D eigenvalue weighted by Gasteiger charge is 2.13. The Morgan fingerprint density at radius 1 is 1.27 bits per heavy atom. The third kappa shape index (κ3) is 4.15. The van der Waals surface area contributed by atoms with Gasteiger partial charge in [0.1, 0.15) is 5.82 Å². The molecule has 26 heavy (non-hydrogen) atoms. The van der Waals surface area contributed by atoms with Crippen molar-refractivity contribution in [2.45, 2.75) is 13.5 Å². The Balaban J connectivity index is 2.10. The average Bonchev–Trinajstić information content (AvgIpc) is 2.93. The molecular formula is C18H15Cl2FN2O2S. The Hall–Kier alpha value is -1.73. The lowest BCUT2D eigenvalue weighted by atomic mass is 10.2. The van der Waals surface area contributed by atoms with Crippen molar-refractivity contribution in [3.63, 3.8) is 0 Å². The van der Waals surface area contributed by atoms with E-state index in [2.05, 4.69) is 4.99 Å². The van der Waals surface area contributed by atoms with Crippen molar-refractivity contribution >= 4 is 50.7 Å². The number of nitrogens with zero attached hydrogens (tertiary/aromatic N) is 2. The maximum absolute atomic E-state index is 14.3. The topological polar surface area (TPSA) is 43.6 Å². The largest absolute Gasteiger partial charge is 0.380 e. The number of para-hydroxylation sites is 1. The van der Waals surface area contributed by atoms with Gasteiger partial charge in [-0.25, -0.2) is 4.39 Å². The molecule has 0 aliphatic heterocycles. The first-order valence-corrected chi connectivity index (χ1v) is 9.47. The molecule has 136 valence electrons. The van der Waals surface area contributed by atoms with Crippen molar-refractivity contribution in [1.82, 2.24) is 4.57 Å². The minimum Gasteiger partial charge on any atom is -0.380 e. The van der Waals surface area contributed by atoms with Gasteiger partial charge in [0, 0.05) is 28.8 Å². The van der Waals surface area contributed by atoms with Gasteiger partial charge in [-0.2, -0.15) is 4.99 Å². The summed E-state index contributed by atoms with van der Waals surface area (Å²) >= 11 is 13.1. The third-order valence-electron chi connectivity index (χ3n) is 3.62. The van der Waals surface area contributed by atoms with E-state index in [9.17, 15) is 9.18 Å². The zero-order chi connectivity index (χ0) is 18.7. The van der Waals surface area contributed by atoms with Gasteiger partial charge in [0.05, 0.1) is 16.8 Å². The van der Waals surface area contributed by atoms with Crippen molar-refractivity contribution < 1.29 is 13.9 Å². The molecule has 0 unspecified atom stereocenters. The Morgan fingerprint density at radius 2 is 2.00 bits per heavy atom. The van der Waals surface area contributed by atoms with Crippen LogP contribution in [0.2, 0.25) is 10.0 Å². The second-order valence-corrected chi connectivity index (χ2v) is 7.28. The summed E-state index contributed by atoms with van der Waals surface area (Å²) in [5, 5.41) is 0.699. The van der Waals surface area contributed by atoms with Crippen LogP contribution in [0.5, 0.6) is 0 Å². The number of rotatable bonds is 5. The van der Waals surface area contributed by atoms with Gasteiger partial charge in [0.15, 0.2) is 4.80 Å². The van der Waals surface area contributed by atoms with Crippen LogP contribution in [-0.4, -0.2) is 23.7 Å². The zero-order valence-electron chi connectivity index (χ0n) is 13.8. The Bertz CT molecular complexity index is 1010. The molecule has 0 fully saturated rings. The summed E-state index contributed by atoms with van der Waals surface area (Å²) in [6.07, 6.45) is 0. The van der Waals surface area contributed by atoms with Crippen molar-refractivity contribution in [1.29, 1.82) is 0 Å². The molecule has 8 heteroatoms. The smallest absolute Gasteiger partial charge is 0.279 e. The van der Waals surface area contributed by atoms with Crippen LogP contribution in [0.3, 0.4) is 0 Å². The number of carbonyl (C=O) groups excluding carboxylic acids is 1. The summed E-state index contributed by atoms with van der Waals surface area (Å²) in [5.74, 6) is -0.860. The average molecular weight is 413 g/mol. The first-order chi connectivity index (χ1) is 12.5. The fraction of sp³-hybridized carbons (Fsp3) is 0.222. The Kier molecular flexibility index (Phi) is 6.09. The van der Waals surface area contributed by atoms with Gasteiger partial charge in [0.25, 0.3) is 5.91 Å². The molecule has 1 amide bonds. The van der Waals surface area contributed by atoms with Gasteiger partial charge in [-0.1, -0.05) is 40.6 Å². The predicted octanol–water partition coefficient (Wildman–Crippen LogP) is 4.93. The summed E-state index contributed by atoms with van der Waals surface area (Å²) in [5.41, 5.74) is 0.685. The molecule has 0 N–H and O–H groups in total. The van der Waals surface area contributed by atoms with E-state index in [1.807, 2.05) is 6.92 Å². The highest BCUT2D eigenvalue weighted by molar-refractivity contribution is 7.16. The van der Waals surface area contributed by atoms with Crippen LogP contribution in [0.15, 0.2) is 41.4 Å². The second kappa shape index (κ2) is 8.31. The number of carbonyl (C=O) groups is 1. The summed E-state index contributed by atoms with van der Waals surface area (Å²) in [6.45, 7) is 3.21. The summed E-state index contributed by atoms with van der Waals surface area (Å²) in [4.78, 5) is 17.1. The number of halogens is 3. The molecule has 0 saturated carbocycles. The van der Waals surface area contributed by atoms with Crippen LogP contribution in [0.25, 0.3) is 10.2 Å². The molecule has 0 saturated heterocycles. The first kappa shape index (κ1) is 19.0. The SMILES string of the molecule is CCOCCn1c(=NC(=O)c2cc(Cl)cc(Cl)c2)sc2cccc(F)c21. The quantitative estimate of drug-likeness (QED) is 0.557. The summed E-state index contributed by atoms with van der Waals surface area (Å²) in [7, 11) is 0. The first-order valence-electron chi connectivity index (χ1n) is 7.90. The predicted molar refractivity (Wildman–Crippen MR) is 103 cm³/mol. The minimum atomic E-state index is -0.494. The number of fused-ring (bicyclic) bond motifs is 1. The fourth-order valence-corrected chi connectivity index (χ4v) is 4.10. The molecule has 0 bridgehead atoms. The molecule has 2 aromatic carbocycles. The molecule has 3 aromatic rings. The highest BCUT2D eigenvalue weighted by Crippen LogP contribution is 2.22. The van der Waals surface area contributed by atoms with Gasteiger partial charge >= 0.3 is 0 Å². The van der Waals surface area contributed by atoms with Crippen molar-refractivity contribution in [2.75, 3.05) is 13.2 Å². The molecule has 3 rings (SSSR count). The number of benzene rings is 2. The van der Waals surface area contributed by atoms with Gasteiger partial charge in [0.2, 0.25) is 0 Å². The molecule has 0 aliphatic carbocycles. The Morgan fingerprint density at radius 3 is 2.69 bits per heavy atom. The van der Waals surface area contributed by atoms with Crippen LogP contribution in [-0.2, 0) is 11.3 Å². The van der Waals surface area contributed by atoms with Crippen LogP contribution < -0.4 is 4.80 Å². The monoisotopic (exact) mass is 412 g/mol. The second-order valence-electron chi connectivity index (χ2n) is 5.39. The van der Waals surface area contributed by atoms with Gasteiger partial charge in [-0.05, 0) is 37.3 Å². The number of ether oxygens (including phenoxy) is 1. The van der Waals surface area contributed by atoms with Crippen LogP contribution in [0, 0.1) is 5.82 Å². The number of aromatic nitrogens is 1. The third-order valence-corrected chi connectivity index (χ3v) is 5.10. The van der Waals surface area contributed by atoms with E-state index >= 15 is 0 Å². The van der Waals surface area contributed by atoms with Crippen LogP contribution >= 0.6 is 34.5 Å². The molecule has 1 aromatic heterocycles. The van der Waals surface area contributed by atoms with Gasteiger partial charge in [-0.3, -0.25) is 4.79 Å². The van der Waals surface area contributed by atoms with Crippen molar-refractivity contribution in [2.24, 2.45) is 4.99 Å². The maximum Gasteiger partial charge on any atom is 0.279 e. The lowest BCUT2D eigenvalue weighted by Crippen LogP contribution is -2.20. The van der Waals surface area contributed by atoms with E-state index in [1.165, 1.54) is 35.6 Å². The molecule has 0 spiro atoms. The lowest BCUT2D eigenvalue weighted by molar-refractivity contribution is 0.0996. The zero-order valence-corrected chi connectivity index (χ0v) is 16.2. The van der Waals surface area contributed by atoms with E-state index in [0.717, 1.165) is 0 Å². The van der Waals surface area contributed by atoms with Crippen LogP contribution in [0.4, 0.5) is 4.39 Å². The molecule has 0 radical (unpaired) electrons. The molecule has 0 atom stereocenters. The van der Waals surface area contributed by atoms with E-state index in [-0.39, 0.29) is 11.4 Å². The van der Waals surface area contributed by atoms with Gasteiger partial charge in [-0.15, -0.1) is 0 Å². The van der Waals surface area contributed by atoms with E-state index < -0.39 is 5.91 Å². The van der Waals surface area contributed by atoms with E-state index in [1.54, 1.807) is 16.7 Å². The number of hydrogen-bond acceptors (Lipinski definition) is 3. The number of thiazole rings is 1. The maximum atomic E-state index is 14.3. The van der Waals surface area contributed by atoms with Crippen molar-refractivity contribution in [3.8, 4) is 0 Å². The summed E-state index contributed by atoms with van der Waals surface area (Å²) in [6, 6.07) is 9.34. The number of amides is 1. The Labute approximate surface area is 163 Å². The van der Waals surface area contributed by atoms with Crippen molar-refractivity contribution in [3.05, 3.63) is 62.6 Å². The molecule has 4 nitrogen and oxygen atoms in total. The summed E-state index contributed by atoms with van der Waals surface area (Å²) < 4.78 is 22.1. The molecule has 1 heterocycles. The molecule has 0 aliphatic rings.